The number of carbonyl (C=O) groups is 1. The molecule has 0 radical (unpaired) electrons. The maximum absolute atomic E-state index is 13.3. The molecule has 1 aliphatic heterocycles. The van der Waals surface area contributed by atoms with Crippen LogP contribution < -0.4 is 10.2 Å². The van der Waals surface area contributed by atoms with Crippen molar-refractivity contribution in [2.45, 2.75) is 18.9 Å². The van der Waals surface area contributed by atoms with E-state index in [4.69, 9.17) is 16.7 Å². The number of halogens is 1. The molecule has 1 amide bonds. The zero-order valence-corrected chi connectivity index (χ0v) is 18.7. The normalized spacial score (nSPS) is 14.3. The van der Waals surface area contributed by atoms with Crippen molar-refractivity contribution >= 4 is 23.5 Å². The maximum atomic E-state index is 13.3. The summed E-state index contributed by atoms with van der Waals surface area (Å²) in [7, 11) is 0. The lowest BCUT2D eigenvalue weighted by Crippen LogP contribution is -2.45. The molecule has 0 spiro atoms. The van der Waals surface area contributed by atoms with E-state index in [0.717, 1.165) is 48.8 Å². The summed E-state index contributed by atoms with van der Waals surface area (Å²) in [6.45, 7) is 1.59. The van der Waals surface area contributed by atoms with E-state index in [-0.39, 0.29) is 11.9 Å². The Morgan fingerprint density at radius 2 is 1.64 bits per heavy atom. The average molecular weight is 459 g/mol. The van der Waals surface area contributed by atoms with Gasteiger partial charge in [-0.3, -0.25) is 4.79 Å². The minimum atomic E-state index is -0.138. The van der Waals surface area contributed by atoms with Gasteiger partial charge in [0.15, 0.2) is 0 Å². The minimum absolute atomic E-state index is 0.0792. The highest BCUT2D eigenvalue weighted by Crippen LogP contribution is 2.24. The van der Waals surface area contributed by atoms with E-state index in [0.29, 0.717) is 10.7 Å². The first-order chi connectivity index (χ1) is 16.2. The Balaban J connectivity index is 1.35. The van der Waals surface area contributed by atoms with Crippen LogP contribution >= 0.6 is 11.6 Å². The molecule has 4 aromatic rings. The molecule has 0 unspecified atom stereocenters. The summed E-state index contributed by atoms with van der Waals surface area (Å²) in [6.07, 6.45) is 5.15. The van der Waals surface area contributed by atoms with Crippen molar-refractivity contribution < 1.29 is 4.79 Å². The van der Waals surface area contributed by atoms with Crippen LogP contribution in [0.3, 0.4) is 0 Å². The molecule has 7 nitrogen and oxygen atoms in total. The number of aromatic nitrogens is 4. The molecule has 0 aliphatic carbocycles. The average Bonchev–Trinajstić information content (AvgIpc) is 3.32. The van der Waals surface area contributed by atoms with Gasteiger partial charge in [-0.2, -0.15) is 5.10 Å². The molecule has 0 atom stereocenters. The zero-order chi connectivity index (χ0) is 22.6. The van der Waals surface area contributed by atoms with Crippen molar-refractivity contribution in [1.29, 1.82) is 0 Å². The lowest BCUT2D eigenvalue weighted by Gasteiger charge is -2.32. The van der Waals surface area contributed by atoms with E-state index in [1.807, 2.05) is 66.7 Å². The summed E-state index contributed by atoms with van der Waals surface area (Å²) in [4.78, 5) is 24.1. The molecule has 8 heteroatoms. The molecule has 1 N–H and O–H groups in total. The highest BCUT2D eigenvalue weighted by atomic mass is 35.5. The van der Waals surface area contributed by atoms with Gasteiger partial charge in [0.1, 0.15) is 5.69 Å². The number of benzene rings is 2. The predicted octanol–water partition coefficient (Wildman–Crippen LogP) is 4.38. The van der Waals surface area contributed by atoms with Gasteiger partial charge in [-0.15, -0.1) is 0 Å². The maximum Gasteiger partial charge on any atom is 0.270 e. The van der Waals surface area contributed by atoms with Gasteiger partial charge < -0.3 is 10.2 Å². The second-order valence-corrected chi connectivity index (χ2v) is 8.39. The van der Waals surface area contributed by atoms with Gasteiger partial charge in [0.2, 0.25) is 5.95 Å². The Morgan fingerprint density at radius 1 is 0.939 bits per heavy atom. The molecule has 1 saturated heterocycles. The van der Waals surface area contributed by atoms with Crippen molar-refractivity contribution in [2.24, 2.45) is 0 Å². The first-order valence-corrected chi connectivity index (χ1v) is 11.3. The molecule has 5 rings (SSSR count). The van der Waals surface area contributed by atoms with Gasteiger partial charge in [0.05, 0.1) is 11.4 Å². The Kier molecular flexibility index (Phi) is 6.04. The van der Waals surface area contributed by atoms with Crippen LogP contribution in [0, 0.1) is 0 Å². The van der Waals surface area contributed by atoms with Gasteiger partial charge in [-0.1, -0.05) is 41.9 Å². The van der Waals surface area contributed by atoms with E-state index in [1.54, 1.807) is 17.1 Å². The number of piperidine rings is 1. The van der Waals surface area contributed by atoms with Crippen LogP contribution in [0.15, 0.2) is 79.1 Å². The van der Waals surface area contributed by atoms with Gasteiger partial charge in [-0.05, 0) is 49.2 Å². The summed E-state index contributed by atoms with van der Waals surface area (Å²) in [5, 5.41) is 8.60. The third-order valence-electron chi connectivity index (χ3n) is 5.75. The number of nitrogens with one attached hydrogen (secondary N) is 1. The molecule has 2 aromatic heterocycles. The molecule has 166 valence electrons. The zero-order valence-electron chi connectivity index (χ0n) is 17.9. The number of rotatable bonds is 5. The Labute approximate surface area is 197 Å². The molecule has 2 aromatic carbocycles. The number of hydrogen-bond donors (Lipinski definition) is 1. The topological polar surface area (TPSA) is 75.9 Å². The fourth-order valence-electron chi connectivity index (χ4n) is 4.01. The Bertz CT molecular complexity index is 1220. The first-order valence-electron chi connectivity index (χ1n) is 10.9. The van der Waals surface area contributed by atoms with Gasteiger partial charge >= 0.3 is 0 Å². The summed E-state index contributed by atoms with van der Waals surface area (Å²) in [5.41, 5.74) is 2.95. The first kappa shape index (κ1) is 21.2. The number of anilines is 1. The van der Waals surface area contributed by atoms with Gasteiger partial charge in [0.25, 0.3) is 5.91 Å². The summed E-state index contributed by atoms with van der Waals surface area (Å²) >= 11 is 6.04. The minimum Gasteiger partial charge on any atom is -0.348 e. The molecule has 3 heterocycles. The van der Waals surface area contributed by atoms with E-state index in [1.165, 1.54) is 0 Å². The van der Waals surface area contributed by atoms with Crippen molar-refractivity contribution in [2.75, 3.05) is 18.0 Å². The van der Waals surface area contributed by atoms with E-state index in [9.17, 15) is 4.79 Å². The SMILES string of the molecule is O=C(NC1CCN(c2ncccn2)CC1)c1cc(-c2ccc(Cl)cc2)nn1-c1ccccc1. The van der Waals surface area contributed by atoms with E-state index in [2.05, 4.69) is 20.2 Å². The summed E-state index contributed by atoms with van der Waals surface area (Å²) < 4.78 is 1.70. The quantitative estimate of drug-likeness (QED) is 0.480. The lowest BCUT2D eigenvalue weighted by molar-refractivity contribution is 0.0923. The lowest BCUT2D eigenvalue weighted by atomic mass is 10.0. The second-order valence-electron chi connectivity index (χ2n) is 7.95. The third-order valence-corrected chi connectivity index (χ3v) is 6.00. The highest BCUT2D eigenvalue weighted by Gasteiger charge is 2.25. The fourth-order valence-corrected chi connectivity index (χ4v) is 4.13. The monoisotopic (exact) mass is 458 g/mol. The molecular weight excluding hydrogens is 436 g/mol. The van der Waals surface area contributed by atoms with Crippen LogP contribution in [0.1, 0.15) is 23.3 Å². The predicted molar refractivity (Wildman–Crippen MR) is 129 cm³/mol. The van der Waals surface area contributed by atoms with Crippen LogP contribution in [-0.4, -0.2) is 44.8 Å². The standard InChI is InChI=1S/C25H23ClN6O/c26-19-9-7-18(8-10-19)22-17-23(32(30-22)21-5-2-1-3-6-21)24(33)29-20-11-15-31(16-12-20)25-27-13-4-14-28-25/h1-10,13-14,17,20H,11-12,15-16H2,(H,29,33). The molecular formula is C25H23ClN6O. The number of para-hydroxylation sites is 1. The number of carbonyl (C=O) groups excluding carboxylic acids is 1. The summed E-state index contributed by atoms with van der Waals surface area (Å²) in [6, 6.07) is 20.9. The number of hydrogen-bond acceptors (Lipinski definition) is 5. The van der Waals surface area contributed by atoms with E-state index < -0.39 is 0 Å². The van der Waals surface area contributed by atoms with Crippen molar-refractivity contribution in [3.05, 3.63) is 89.8 Å². The summed E-state index contributed by atoms with van der Waals surface area (Å²) in [5.74, 6) is 0.595. The van der Waals surface area contributed by atoms with Crippen LogP contribution in [-0.2, 0) is 0 Å². The van der Waals surface area contributed by atoms with Crippen molar-refractivity contribution in [3.8, 4) is 16.9 Å². The second kappa shape index (κ2) is 9.42. The molecule has 1 aliphatic rings. The molecule has 33 heavy (non-hydrogen) atoms. The number of amides is 1. The largest absolute Gasteiger partial charge is 0.348 e. The van der Waals surface area contributed by atoms with Gasteiger partial charge in [0, 0.05) is 42.1 Å². The van der Waals surface area contributed by atoms with Crippen molar-refractivity contribution in [1.82, 2.24) is 25.1 Å². The highest BCUT2D eigenvalue weighted by molar-refractivity contribution is 6.30. The van der Waals surface area contributed by atoms with Crippen LogP contribution in [0.5, 0.6) is 0 Å². The Hall–Kier alpha value is -3.71. The van der Waals surface area contributed by atoms with Crippen LogP contribution in [0.4, 0.5) is 5.95 Å². The van der Waals surface area contributed by atoms with Gasteiger partial charge in [-0.25, -0.2) is 14.6 Å². The van der Waals surface area contributed by atoms with Crippen molar-refractivity contribution in [3.63, 3.8) is 0 Å². The molecule has 1 fully saturated rings. The Morgan fingerprint density at radius 3 is 2.33 bits per heavy atom. The third kappa shape index (κ3) is 4.73. The smallest absolute Gasteiger partial charge is 0.270 e. The van der Waals surface area contributed by atoms with Crippen LogP contribution in [0.25, 0.3) is 16.9 Å². The molecule has 0 saturated carbocycles. The molecule has 0 bridgehead atoms. The fraction of sp³-hybridized carbons (Fsp3) is 0.200. The van der Waals surface area contributed by atoms with Crippen LogP contribution in [0.2, 0.25) is 5.02 Å². The van der Waals surface area contributed by atoms with E-state index >= 15 is 0 Å². The number of nitrogens with zero attached hydrogens (tertiary/aromatic N) is 5.